The number of benzene rings is 2. The van der Waals surface area contributed by atoms with Crippen LogP contribution in [0, 0.1) is 10.1 Å². The number of hydrogen-bond donors (Lipinski definition) is 0. The lowest BCUT2D eigenvalue weighted by atomic mass is 10.2. The Morgan fingerprint density at radius 2 is 1.77 bits per heavy atom. The molecule has 0 radical (unpaired) electrons. The molecule has 0 spiro atoms. The summed E-state index contributed by atoms with van der Waals surface area (Å²) in [5, 5.41) is 10.9. The molecule has 6 heteroatoms. The Kier molecular flexibility index (Phi) is 5.21. The summed E-state index contributed by atoms with van der Waals surface area (Å²) >= 11 is 0. The molecule has 114 valence electrons. The van der Waals surface area contributed by atoms with Crippen molar-refractivity contribution in [3.63, 3.8) is 0 Å². The number of carbonyl (C=O) groups is 1. The molecule has 2 rings (SSSR count). The summed E-state index contributed by atoms with van der Waals surface area (Å²) in [5.74, 6) is -0.784. The van der Waals surface area contributed by atoms with Gasteiger partial charge in [-0.1, -0.05) is 42.5 Å². The quantitative estimate of drug-likeness (QED) is 0.354. The smallest absolute Gasteiger partial charge is 0.347 e. The van der Waals surface area contributed by atoms with E-state index in [9.17, 15) is 14.9 Å². The first kappa shape index (κ1) is 15.7. The van der Waals surface area contributed by atoms with Crippen LogP contribution in [0.3, 0.4) is 0 Å². The average molecular weight is 301 g/mol. The van der Waals surface area contributed by atoms with Gasteiger partial charge in [-0.15, -0.1) is 0 Å². The van der Waals surface area contributed by atoms with E-state index in [1.807, 2.05) is 30.3 Å². The highest BCUT2D eigenvalue weighted by atomic mass is 16.7. The van der Waals surface area contributed by atoms with Crippen LogP contribution in [0.4, 0.5) is 5.69 Å². The van der Waals surface area contributed by atoms with Crippen molar-refractivity contribution >= 4 is 11.7 Å². The van der Waals surface area contributed by atoms with E-state index in [2.05, 4.69) is 0 Å². The van der Waals surface area contributed by atoms with Crippen LogP contribution in [0.15, 0.2) is 54.6 Å². The average Bonchev–Trinajstić information content (AvgIpc) is 2.54. The molecule has 2 aromatic carbocycles. The standard InChI is InChI=1S/C16H15NO5/c1-12(21-11-13-7-3-2-4-8-13)22-16(18)14-9-5-6-10-15(14)17(19)20/h2-10,12H,11H2,1H3. The summed E-state index contributed by atoms with van der Waals surface area (Å²) < 4.78 is 10.5. The van der Waals surface area contributed by atoms with Gasteiger partial charge in [0.2, 0.25) is 6.29 Å². The van der Waals surface area contributed by atoms with E-state index in [0.29, 0.717) is 0 Å². The number of nitro benzene ring substituents is 1. The molecule has 0 bridgehead atoms. The van der Waals surface area contributed by atoms with E-state index in [-0.39, 0.29) is 17.9 Å². The number of nitro groups is 1. The largest absolute Gasteiger partial charge is 0.432 e. The van der Waals surface area contributed by atoms with Crippen LogP contribution >= 0.6 is 0 Å². The van der Waals surface area contributed by atoms with Crippen molar-refractivity contribution in [2.75, 3.05) is 0 Å². The third-order valence-corrected chi connectivity index (χ3v) is 2.92. The maximum Gasteiger partial charge on any atom is 0.347 e. The van der Waals surface area contributed by atoms with Crippen LogP contribution in [0.5, 0.6) is 0 Å². The Balaban J connectivity index is 1.95. The van der Waals surface area contributed by atoms with Crippen molar-refractivity contribution in [3.8, 4) is 0 Å². The molecule has 0 heterocycles. The number of esters is 1. The van der Waals surface area contributed by atoms with Crippen LogP contribution in [0.2, 0.25) is 0 Å². The van der Waals surface area contributed by atoms with Crippen molar-refractivity contribution in [1.82, 2.24) is 0 Å². The van der Waals surface area contributed by atoms with Crippen molar-refractivity contribution in [1.29, 1.82) is 0 Å². The van der Waals surface area contributed by atoms with Crippen LogP contribution in [0.25, 0.3) is 0 Å². The van der Waals surface area contributed by atoms with E-state index in [1.165, 1.54) is 18.2 Å². The van der Waals surface area contributed by atoms with Gasteiger partial charge in [-0.25, -0.2) is 4.79 Å². The Labute approximate surface area is 127 Å². The molecule has 1 unspecified atom stereocenters. The number of hydrogen-bond acceptors (Lipinski definition) is 5. The van der Waals surface area contributed by atoms with Crippen LogP contribution in [0.1, 0.15) is 22.8 Å². The SMILES string of the molecule is CC(OCc1ccccc1)OC(=O)c1ccccc1[N+](=O)[O-]. The first-order valence-corrected chi connectivity index (χ1v) is 6.68. The second-order valence-corrected chi connectivity index (χ2v) is 4.54. The maximum absolute atomic E-state index is 12.0. The molecule has 0 saturated carbocycles. The molecule has 0 fully saturated rings. The molecule has 6 nitrogen and oxygen atoms in total. The third-order valence-electron chi connectivity index (χ3n) is 2.92. The molecule has 0 aliphatic rings. The predicted octanol–water partition coefficient (Wildman–Crippen LogP) is 3.31. The molecule has 0 aromatic heterocycles. The number of para-hydroxylation sites is 1. The van der Waals surface area contributed by atoms with Gasteiger partial charge < -0.3 is 9.47 Å². The summed E-state index contributed by atoms with van der Waals surface area (Å²) in [6, 6.07) is 15.1. The van der Waals surface area contributed by atoms with Crippen molar-refractivity contribution in [3.05, 3.63) is 75.8 Å². The Morgan fingerprint density at radius 1 is 1.14 bits per heavy atom. The van der Waals surface area contributed by atoms with E-state index in [1.54, 1.807) is 13.0 Å². The summed E-state index contributed by atoms with van der Waals surface area (Å²) in [5.41, 5.74) is 0.557. The highest BCUT2D eigenvalue weighted by Crippen LogP contribution is 2.19. The van der Waals surface area contributed by atoms with Gasteiger partial charge in [-0.2, -0.15) is 0 Å². The second-order valence-electron chi connectivity index (χ2n) is 4.54. The minimum absolute atomic E-state index is 0.0948. The molecule has 0 N–H and O–H groups in total. The van der Waals surface area contributed by atoms with Gasteiger partial charge in [0.1, 0.15) is 5.56 Å². The molecular weight excluding hydrogens is 286 g/mol. The summed E-state index contributed by atoms with van der Waals surface area (Å²) in [4.78, 5) is 22.3. The number of rotatable bonds is 6. The minimum atomic E-state index is -0.812. The van der Waals surface area contributed by atoms with E-state index in [4.69, 9.17) is 9.47 Å². The lowest BCUT2D eigenvalue weighted by molar-refractivity contribution is -0.385. The van der Waals surface area contributed by atoms with Crippen LogP contribution in [-0.4, -0.2) is 17.2 Å². The van der Waals surface area contributed by atoms with Crippen molar-refractivity contribution in [2.24, 2.45) is 0 Å². The second kappa shape index (κ2) is 7.33. The van der Waals surface area contributed by atoms with Gasteiger partial charge in [0.25, 0.3) is 5.69 Å². The zero-order valence-electron chi connectivity index (χ0n) is 12.0. The maximum atomic E-state index is 12.0. The first-order valence-electron chi connectivity index (χ1n) is 6.68. The predicted molar refractivity (Wildman–Crippen MR) is 79.2 cm³/mol. The van der Waals surface area contributed by atoms with Crippen molar-refractivity contribution < 1.29 is 19.2 Å². The zero-order valence-corrected chi connectivity index (χ0v) is 12.0. The van der Waals surface area contributed by atoms with Gasteiger partial charge in [0.15, 0.2) is 0 Å². The van der Waals surface area contributed by atoms with Gasteiger partial charge in [0.05, 0.1) is 11.5 Å². The molecule has 2 aromatic rings. The van der Waals surface area contributed by atoms with Gasteiger partial charge in [-0.3, -0.25) is 10.1 Å². The molecule has 0 aliphatic heterocycles. The van der Waals surface area contributed by atoms with E-state index in [0.717, 1.165) is 5.56 Å². The number of ether oxygens (including phenoxy) is 2. The van der Waals surface area contributed by atoms with Gasteiger partial charge in [0, 0.05) is 6.07 Å². The molecular formula is C16H15NO5. The van der Waals surface area contributed by atoms with Gasteiger partial charge >= 0.3 is 5.97 Å². The highest BCUT2D eigenvalue weighted by Gasteiger charge is 2.22. The molecule has 22 heavy (non-hydrogen) atoms. The Bertz CT molecular complexity index is 657. The molecule has 0 aliphatic carbocycles. The van der Waals surface area contributed by atoms with Crippen LogP contribution < -0.4 is 0 Å². The molecule has 1 atom stereocenters. The lowest BCUT2D eigenvalue weighted by Gasteiger charge is -2.14. The summed E-state index contributed by atoms with van der Waals surface area (Å²) in [6.07, 6.45) is -0.812. The zero-order chi connectivity index (χ0) is 15.9. The highest BCUT2D eigenvalue weighted by molar-refractivity contribution is 5.93. The first-order chi connectivity index (χ1) is 10.6. The monoisotopic (exact) mass is 301 g/mol. The van der Waals surface area contributed by atoms with Gasteiger partial charge in [-0.05, 0) is 18.6 Å². The summed E-state index contributed by atoms with van der Waals surface area (Å²) in [7, 11) is 0. The minimum Gasteiger partial charge on any atom is -0.432 e. The van der Waals surface area contributed by atoms with Crippen LogP contribution in [-0.2, 0) is 16.1 Å². The fraction of sp³-hybridized carbons (Fsp3) is 0.188. The fourth-order valence-corrected chi connectivity index (χ4v) is 1.84. The number of carbonyl (C=O) groups excluding carboxylic acids is 1. The topological polar surface area (TPSA) is 78.7 Å². The van der Waals surface area contributed by atoms with E-state index < -0.39 is 17.2 Å². The normalized spacial score (nSPS) is 11.7. The molecule has 0 amide bonds. The summed E-state index contributed by atoms with van der Waals surface area (Å²) in [6.45, 7) is 1.85. The van der Waals surface area contributed by atoms with E-state index >= 15 is 0 Å². The van der Waals surface area contributed by atoms with Crippen molar-refractivity contribution in [2.45, 2.75) is 19.8 Å². The Hall–Kier alpha value is -2.73. The fourth-order valence-electron chi connectivity index (χ4n) is 1.84. The third kappa shape index (κ3) is 4.13. The number of nitrogens with zero attached hydrogens (tertiary/aromatic N) is 1. The lowest BCUT2D eigenvalue weighted by Crippen LogP contribution is -2.19. The Morgan fingerprint density at radius 3 is 2.45 bits per heavy atom. The molecule has 0 saturated heterocycles.